The van der Waals surface area contributed by atoms with E-state index in [9.17, 15) is 24.6 Å². The summed E-state index contributed by atoms with van der Waals surface area (Å²) in [6, 6.07) is 37.6. The first-order valence-corrected chi connectivity index (χ1v) is 23.1. The number of aliphatic carboxylic acids is 1. The van der Waals surface area contributed by atoms with E-state index in [1.165, 1.54) is 0 Å². The number of rotatable bonds is 7. The average molecular weight is 958 g/mol. The molecule has 340 valence electrons. The number of thiophene rings is 2. The molecule has 2 saturated heterocycles. The van der Waals surface area contributed by atoms with Crippen molar-refractivity contribution in [3.8, 4) is 33.8 Å². The van der Waals surface area contributed by atoms with Gasteiger partial charge in [-0.05, 0) is 48.5 Å². The Labute approximate surface area is 420 Å². The van der Waals surface area contributed by atoms with Crippen LogP contribution in [0.5, 0.6) is 11.5 Å². The molecular formula is C53H45N2NaO10S2. The Morgan fingerprint density at radius 3 is 1.57 bits per heavy atom. The number of morpholine rings is 2. The van der Waals surface area contributed by atoms with Gasteiger partial charge in [0.1, 0.15) is 29.3 Å². The van der Waals surface area contributed by atoms with Gasteiger partial charge in [0.15, 0.2) is 22.6 Å². The second-order valence-electron chi connectivity index (χ2n) is 16.0. The maximum absolute atomic E-state index is 13.0. The number of hydrogen-bond acceptors (Lipinski definition) is 14. The summed E-state index contributed by atoms with van der Waals surface area (Å²) in [5.74, 6) is 0.542. The second kappa shape index (κ2) is 19.8. The average Bonchev–Trinajstić information content (AvgIpc) is 3.95. The van der Waals surface area contributed by atoms with Gasteiger partial charge < -0.3 is 47.9 Å². The summed E-state index contributed by atoms with van der Waals surface area (Å²) < 4.78 is 33.2. The van der Waals surface area contributed by atoms with Gasteiger partial charge in [-0.3, -0.25) is 9.59 Å². The van der Waals surface area contributed by atoms with Gasteiger partial charge >= 0.3 is 29.6 Å². The Hall–Kier alpha value is -6.23. The molecule has 10 aromatic rings. The first-order valence-electron chi connectivity index (χ1n) is 21.5. The van der Waals surface area contributed by atoms with Crippen LogP contribution in [0, 0.1) is 0 Å². The molecule has 0 amide bonds. The summed E-state index contributed by atoms with van der Waals surface area (Å²) in [4.78, 5) is 41.1. The predicted molar refractivity (Wildman–Crippen MR) is 269 cm³/mol. The molecule has 6 heterocycles. The SMILES string of the molecule is C.O=C([O-])COc1ccc(-c2cccc3c(=O)cc(N4CCOCC4)oc23)c2sc3ccccc3c12.O=c1cc(N2CCOCC2)oc2c(-c3ccc(O)c4c3sc3ccccc34)cccc12.[2HH].[Na+]. The normalized spacial score (nSPS) is 13.9. The predicted octanol–water partition coefficient (Wildman–Crippen LogP) is 7.05. The van der Waals surface area contributed by atoms with E-state index in [1.54, 1.807) is 59.1 Å². The van der Waals surface area contributed by atoms with Crippen LogP contribution in [0.3, 0.4) is 0 Å². The number of anilines is 2. The molecule has 12 nitrogen and oxygen atoms in total. The van der Waals surface area contributed by atoms with E-state index in [4.69, 9.17) is 23.0 Å². The number of carboxylic acid groups (broad SMARTS) is 1. The molecule has 68 heavy (non-hydrogen) atoms. The van der Waals surface area contributed by atoms with Crippen LogP contribution in [-0.2, 0) is 14.3 Å². The molecule has 2 aliphatic rings. The summed E-state index contributed by atoms with van der Waals surface area (Å²) in [6.07, 6.45) is 0. The fourth-order valence-corrected chi connectivity index (χ4v) is 11.4. The van der Waals surface area contributed by atoms with Crippen LogP contribution in [0.4, 0.5) is 11.8 Å². The number of fused-ring (bicyclic) bond motifs is 8. The summed E-state index contributed by atoms with van der Waals surface area (Å²) in [6.45, 7) is 4.55. The number of benzene rings is 6. The van der Waals surface area contributed by atoms with Crippen LogP contribution in [-0.4, -0.2) is 70.3 Å². The molecular weight excluding hydrogens is 912 g/mol. The van der Waals surface area contributed by atoms with Crippen LogP contribution in [0.1, 0.15) is 8.85 Å². The zero-order valence-corrected chi connectivity index (χ0v) is 39.9. The van der Waals surface area contributed by atoms with Crippen molar-refractivity contribution in [3.05, 3.63) is 142 Å². The maximum atomic E-state index is 13.0. The molecule has 0 unspecified atom stereocenters. The molecule has 0 saturated carbocycles. The number of aromatic hydroxyl groups is 1. The van der Waals surface area contributed by atoms with Crippen molar-refractivity contribution in [1.82, 2.24) is 0 Å². The quantitative estimate of drug-likeness (QED) is 0.163. The number of carboxylic acids is 1. The first-order chi connectivity index (χ1) is 32.3. The van der Waals surface area contributed by atoms with Gasteiger partial charge in [-0.25, -0.2) is 0 Å². The molecule has 12 rings (SSSR count). The molecule has 0 bridgehead atoms. The standard InChI is InChI=1S/C27H21NO6S.C25H19NO4S.CH4.Na.H2/c29-20-14-23(28-10-12-32-13-11-28)34-26-16(5-3-6-18(20)26)17-8-9-21(33-15-24(30)31)25-19-4-1-2-7-22(19)35-27(17)25;27-19-9-8-16(25-23(19)18-4-1-2-7-21(18)31-25)15-5-3-6-17-20(28)14-22(30-24(15)17)26-10-12-29-13-11-26;;;/h1-9,14H,10-13,15H2,(H,30,31);1-9,14,27H,10-13H2;1H4;;1H/q;;;+1;/p-1/i;;;;1+1. The number of ether oxygens (including phenoxy) is 3. The number of carbonyl (C=O) groups is 1. The van der Waals surface area contributed by atoms with Gasteiger partial charge in [-0.2, -0.15) is 0 Å². The summed E-state index contributed by atoms with van der Waals surface area (Å²) in [5, 5.41) is 26.4. The molecule has 1 N–H and O–H groups in total. The minimum absolute atomic E-state index is 0. The number of phenolic OH excluding ortho intramolecular Hbond substituents is 1. The largest absolute Gasteiger partial charge is 1.00 e. The van der Waals surface area contributed by atoms with Crippen LogP contribution >= 0.6 is 22.7 Å². The minimum atomic E-state index is -1.28. The number of para-hydroxylation sites is 2. The second-order valence-corrected chi connectivity index (χ2v) is 18.1. The van der Waals surface area contributed by atoms with E-state index in [1.807, 2.05) is 88.7 Å². The number of nitrogens with zero attached hydrogens (tertiary/aromatic N) is 2. The Balaban J connectivity index is 0.000000179. The van der Waals surface area contributed by atoms with Crippen molar-refractivity contribution in [2.24, 2.45) is 0 Å². The Morgan fingerprint density at radius 2 is 1.06 bits per heavy atom. The van der Waals surface area contributed by atoms with Crippen molar-refractivity contribution in [3.63, 3.8) is 0 Å². The monoisotopic (exact) mass is 957 g/mol. The number of hydrogen-bond donors (Lipinski definition) is 1. The zero-order valence-electron chi connectivity index (χ0n) is 36.2. The fourth-order valence-electron chi connectivity index (χ4n) is 8.92. The van der Waals surface area contributed by atoms with Crippen LogP contribution in [0.25, 0.3) is 84.5 Å². The van der Waals surface area contributed by atoms with E-state index >= 15 is 0 Å². The van der Waals surface area contributed by atoms with Crippen LogP contribution < -0.4 is 60.1 Å². The fraction of sp³-hybridized carbons (Fsp3) is 0.189. The third kappa shape index (κ3) is 8.62. The van der Waals surface area contributed by atoms with E-state index < -0.39 is 12.6 Å². The molecule has 6 aromatic carbocycles. The van der Waals surface area contributed by atoms with Crippen LogP contribution in [0.15, 0.2) is 140 Å². The van der Waals surface area contributed by atoms with Crippen molar-refractivity contribution in [2.75, 3.05) is 69.0 Å². The molecule has 4 aromatic heterocycles. The first kappa shape index (κ1) is 46.9. The smallest absolute Gasteiger partial charge is 0.546 e. The van der Waals surface area contributed by atoms with E-state index in [2.05, 4.69) is 6.07 Å². The Bertz CT molecular complexity index is 3650. The molecule has 2 aliphatic heterocycles. The van der Waals surface area contributed by atoms with Crippen molar-refractivity contribution in [1.29, 1.82) is 0 Å². The zero-order chi connectivity index (χ0) is 44.9. The van der Waals surface area contributed by atoms with Gasteiger partial charge in [0.25, 0.3) is 0 Å². The van der Waals surface area contributed by atoms with E-state index in [-0.39, 0.29) is 55.0 Å². The summed E-state index contributed by atoms with van der Waals surface area (Å²) in [5.41, 5.74) is 4.40. The van der Waals surface area contributed by atoms with Gasteiger partial charge in [-0.1, -0.05) is 68.1 Å². The minimum Gasteiger partial charge on any atom is -0.546 e. The number of phenols is 1. The van der Waals surface area contributed by atoms with Crippen LogP contribution in [0.2, 0.25) is 0 Å². The summed E-state index contributed by atoms with van der Waals surface area (Å²) >= 11 is 3.22. The van der Waals surface area contributed by atoms with Crippen molar-refractivity contribution in [2.45, 2.75) is 7.43 Å². The maximum Gasteiger partial charge on any atom is 1.00 e. The van der Waals surface area contributed by atoms with Crippen molar-refractivity contribution >= 4 is 103 Å². The van der Waals surface area contributed by atoms with Crippen molar-refractivity contribution < 1.29 is 69.0 Å². The Morgan fingerprint density at radius 1 is 0.603 bits per heavy atom. The van der Waals surface area contributed by atoms with Gasteiger partial charge in [0.2, 0.25) is 0 Å². The van der Waals surface area contributed by atoms with Gasteiger partial charge in [-0.15, -0.1) is 22.7 Å². The molecule has 2 fully saturated rings. The topological polar surface area (TPSA) is 155 Å². The molecule has 0 aliphatic carbocycles. The molecule has 0 atom stereocenters. The summed E-state index contributed by atoms with van der Waals surface area (Å²) in [7, 11) is 0. The molecule has 15 heteroatoms. The third-order valence-electron chi connectivity index (χ3n) is 12.0. The van der Waals surface area contributed by atoms with Gasteiger partial charge in [0.05, 0.1) is 43.2 Å². The van der Waals surface area contributed by atoms with E-state index in [0.29, 0.717) is 92.1 Å². The molecule has 0 radical (unpaired) electrons. The Kier molecular flexibility index (Phi) is 13.6. The third-order valence-corrected chi connectivity index (χ3v) is 14.5. The molecule has 0 spiro atoms. The van der Waals surface area contributed by atoms with Gasteiger partial charge in [0, 0.05) is 102 Å². The van der Waals surface area contributed by atoms with E-state index in [0.717, 1.165) is 62.6 Å². The number of carbonyl (C=O) groups excluding carboxylic acids is 1.